The van der Waals surface area contributed by atoms with Crippen molar-refractivity contribution in [3.8, 4) is 0 Å². The number of amides is 1. The van der Waals surface area contributed by atoms with Gasteiger partial charge >= 0.3 is 0 Å². The van der Waals surface area contributed by atoms with E-state index >= 15 is 0 Å². The zero-order chi connectivity index (χ0) is 14.8. The molecule has 0 heterocycles. The van der Waals surface area contributed by atoms with Gasteiger partial charge in [0.2, 0.25) is 0 Å². The minimum atomic E-state index is -0.0724. The van der Waals surface area contributed by atoms with Crippen LogP contribution in [0.2, 0.25) is 0 Å². The van der Waals surface area contributed by atoms with Crippen molar-refractivity contribution in [2.45, 2.75) is 39.2 Å². The van der Waals surface area contributed by atoms with Gasteiger partial charge in [-0.05, 0) is 31.4 Å². The highest BCUT2D eigenvalue weighted by atomic mass is 16.3. The maximum absolute atomic E-state index is 11.9. The molecule has 0 saturated carbocycles. The van der Waals surface area contributed by atoms with Gasteiger partial charge in [-0.2, -0.15) is 0 Å². The first kappa shape index (κ1) is 16.4. The number of unbranched alkanes of at least 4 members (excludes halogenated alkanes) is 1. The first-order chi connectivity index (χ1) is 9.67. The van der Waals surface area contributed by atoms with E-state index in [0.717, 1.165) is 19.3 Å². The summed E-state index contributed by atoms with van der Waals surface area (Å²) >= 11 is 0. The fourth-order valence-electron chi connectivity index (χ4n) is 1.97. The molecule has 0 aromatic heterocycles. The number of aliphatic hydroxyl groups is 1. The molecule has 0 aliphatic rings. The Labute approximate surface area is 121 Å². The third-order valence-corrected chi connectivity index (χ3v) is 3.23. The van der Waals surface area contributed by atoms with Crippen LogP contribution in [0, 0.1) is 5.92 Å². The molecule has 0 fully saturated rings. The number of hydrogen-bond acceptors (Lipinski definition) is 2. The summed E-state index contributed by atoms with van der Waals surface area (Å²) in [7, 11) is 0. The summed E-state index contributed by atoms with van der Waals surface area (Å²) in [4.78, 5) is 11.9. The van der Waals surface area contributed by atoms with Crippen molar-refractivity contribution in [3.05, 3.63) is 48.0 Å². The van der Waals surface area contributed by atoms with Crippen molar-refractivity contribution in [1.82, 2.24) is 5.32 Å². The summed E-state index contributed by atoms with van der Waals surface area (Å²) in [6.07, 6.45) is 7.19. The molecule has 110 valence electrons. The van der Waals surface area contributed by atoms with Crippen LogP contribution in [0.1, 0.15) is 43.5 Å². The number of benzene rings is 1. The van der Waals surface area contributed by atoms with Crippen LogP contribution in [0.3, 0.4) is 0 Å². The molecule has 2 N–H and O–H groups in total. The van der Waals surface area contributed by atoms with Gasteiger partial charge in [0, 0.05) is 18.2 Å². The highest BCUT2D eigenvalue weighted by Crippen LogP contribution is 2.10. The maximum Gasteiger partial charge on any atom is 0.251 e. The fraction of sp³-hybridized carbons (Fsp3) is 0.471. The van der Waals surface area contributed by atoms with Crippen molar-refractivity contribution in [2.24, 2.45) is 5.92 Å². The van der Waals surface area contributed by atoms with Crippen molar-refractivity contribution in [2.75, 3.05) is 6.61 Å². The molecule has 20 heavy (non-hydrogen) atoms. The molecular formula is C17H25NO2. The van der Waals surface area contributed by atoms with Crippen molar-refractivity contribution < 1.29 is 9.90 Å². The van der Waals surface area contributed by atoms with Gasteiger partial charge in [0.1, 0.15) is 0 Å². The van der Waals surface area contributed by atoms with E-state index in [0.29, 0.717) is 5.56 Å². The van der Waals surface area contributed by atoms with E-state index in [1.807, 2.05) is 37.3 Å². The molecule has 0 spiro atoms. The van der Waals surface area contributed by atoms with Gasteiger partial charge in [-0.3, -0.25) is 4.79 Å². The fourth-order valence-corrected chi connectivity index (χ4v) is 1.97. The lowest BCUT2D eigenvalue weighted by atomic mass is 10.0. The third-order valence-electron chi connectivity index (χ3n) is 3.23. The molecule has 0 unspecified atom stereocenters. The molecule has 0 radical (unpaired) electrons. The first-order valence-electron chi connectivity index (χ1n) is 7.32. The minimum absolute atomic E-state index is 0.0432. The Kier molecular flexibility index (Phi) is 7.66. The van der Waals surface area contributed by atoms with Crippen LogP contribution in [-0.4, -0.2) is 23.7 Å². The molecule has 2 atom stereocenters. The van der Waals surface area contributed by atoms with E-state index in [1.54, 1.807) is 12.1 Å². The van der Waals surface area contributed by atoms with Crippen LogP contribution < -0.4 is 5.32 Å². The van der Waals surface area contributed by atoms with Crippen LogP contribution in [0.25, 0.3) is 0 Å². The molecule has 3 nitrogen and oxygen atoms in total. The van der Waals surface area contributed by atoms with Gasteiger partial charge in [0.25, 0.3) is 5.91 Å². The lowest BCUT2D eigenvalue weighted by Gasteiger charge is -2.12. The van der Waals surface area contributed by atoms with E-state index < -0.39 is 0 Å². The molecule has 0 aliphatic heterocycles. The summed E-state index contributed by atoms with van der Waals surface area (Å²) < 4.78 is 0. The zero-order valence-electron chi connectivity index (χ0n) is 12.4. The average molecular weight is 275 g/mol. The largest absolute Gasteiger partial charge is 0.396 e. The summed E-state index contributed by atoms with van der Waals surface area (Å²) in [5.74, 6) is 0.114. The Bertz CT molecular complexity index is 414. The van der Waals surface area contributed by atoms with E-state index in [-0.39, 0.29) is 24.5 Å². The molecule has 0 saturated heterocycles. The molecule has 3 heteroatoms. The number of hydrogen-bond donors (Lipinski definition) is 2. The van der Waals surface area contributed by atoms with Crippen LogP contribution in [0.15, 0.2) is 42.5 Å². The highest BCUT2D eigenvalue weighted by molar-refractivity contribution is 5.94. The molecule has 1 rings (SSSR count). The SMILES string of the molecule is CCCC[C@H](/C=C/[C@@H](C)NC(=O)c1ccccc1)CO. The number of carbonyl (C=O) groups excluding carboxylic acids is 1. The average Bonchev–Trinajstić information content (AvgIpc) is 2.48. The van der Waals surface area contributed by atoms with E-state index in [1.165, 1.54) is 0 Å². The summed E-state index contributed by atoms with van der Waals surface area (Å²) in [6, 6.07) is 9.13. The van der Waals surface area contributed by atoms with Gasteiger partial charge in [0.15, 0.2) is 0 Å². The second kappa shape index (κ2) is 9.32. The minimum Gasteiger partial charge on any atom is -0.396 e. The van der Waals surface area contributed by atoms with Crippen LogP contribution >= 0.6 is 0 Å². The predicted octanol–water partition coefficient (Wildman–Crippen LogP) is 3.16. The number of rotatable bonds is 8. The lowest BCUT2D eigenvalue weighted by molar-refractivity contribution is 0.0947. The van der Waals surface area contributed by atoms with Crippen molar-refractivity contribution >= 4 is 5.91 Å². The second-order valence-electron chi connectivity index (χ2n) is 5.10. The normalized spacial score (nSPS) is 14.2. The van der Waals surface area contributed by atoms with Gasteiger partial charge in [0.05, 0.1) is 0 Å². The van der Waals surface area contributed by atoms with Gasteiger partial charge in [-0.1, -0.05) is 50.1 Å². The van der Waals surface area contributed by atoms with Crippen LogP contribution in [0.5, 0.6) is 0 Å². The number of carbonyl (C=O) groups is 1. The Balaban J connectivity index is 2.46. The molecular weight excluding hydrogens is 250 g/mol. The second-order valence-corrected chi connectivity index (χ2v) is 5.10. The molecule has 1 aromatic carbocycles. The third kappa shape index (κ3) is 6.02. The standard InChI is InChI=1S/C17H25NO2/c1-3-4-8-15(13-19)12-11-14(2)18-17(20)16-9-6-5-7-10-16/h5-7,9-12,14-15,19H,3-4,8,13H2,1-2H3,(H,18,20)/b12-11+/t14-,15-/m1/s1. The van der Waals surface area contributed by atoms with Crippen molar-refractivity contribution in [1.29, 1.82) is 0 Å². The summed E-state index contributed by atoms with van der Waals surface area (Å²) in [6.45, 7) is 4.24. The summed E-state index contributed by atoms with van der Waals surface area (Å²) in [5, 5.41) is 12.2. The van der Waals surface area contributed by atoms with Gasteiger partial charge < -0.3 is 10.4 Å². The van der Waals surface area contributed by atoms with E-state index in [9.17, 15) is 9.90 Å². The Morgan fingerprint density at radius 2 is 2.00 bits per heavy atom. The first-order valence-corrected chi connectivity index (χ1v) is 7.32. The lowest BCUT2D eigenvalue weighted by Crippen LogP contribution is -2.31. The van der Waals surface area contributed by atoms with Crippen molar-refractivity contribution in [3.63, 3.8) is 0 Å². The molecule has 1 amide bonds. The molecule has 1 aromatic rings. The zero-order valence-corrected chi connectivity index (χ0v) is 12.4. The Morgan fingerprint density at radius 3 is 2.60 bits per heavy atom. The van der Waals surface area contributed by atoms with E-state index in [4.69, 9.17) is 0 Å². The van der Waals surface area contributed by atoms with E-state index in [2.05, 4.69) is 12.2 Å². The van der Waals surface area contributed by atoms with Gasteiger partial charge in [-0.25, -0.2) is 0 Å². The molecule has 0 bridgehead atoms. The predicted molar refractivity (Wildman–Crippen MR) is 82.6 cm³/mol. The monoisotopic (exact) mass is 275 g/mol. The topological polar surface area (TPSA) is 49.3 Å². The van der Waals surface area contributed by atoms with Crippen LogP contribution in [0.4, 0.5) is 0 Å². The van der Waals surface area contributed by atoms with Gasteiger partial charge in [-0.15, -0.1) is 0 Å². The maximum atomic E-state index is 11.9. The Hall–Kier alpha value is -1.61. The Morgan fingerprint density at radius 1 is 1.30 bits per heavy atom. The van der Waals surface area contributed by atoms with Crippen LogP contribution in [-0.2, 0) is 0 Å². The number of nitrogens with one attached hydrogen (secondary N) is 1. The summed E-state index contributed by atoms with van der Waals surface area (Å²) in [5.41, 5.74) is 0.664. The quantitative estimate of drug-likeness (QED) is 0.716. The smallest absolute Gasteiger partial charge is 0.251 e. The molecule has 0 aliphatic carbocycles. The number of aliphatic hydroxyl groups excluding tert-OH is 1. The highest BCUT2D eigenvalue weighted by Gasteiger charge is 2.08.